The van der Waals surface area contributed by atoms with Crippen LogP contribution < -0.4 is 5.73 Å². The van der Waals surface area contributed by atoms with Gasteiger partial charge in [-0.05, 0) is 47.1 Å². The lowest BCUT2D eigenvalue weighted by molar-refractivity contribution is 0.181. The van der Waals surface area contributed by atoms with Crippen molar-refractivity contribution in [3.05, 3.63) is 70.2 Å². The van der Waals surface area contributed by atoms with E-state index in [1.807, 2.05) is 12.1 Å². The van der Waals surface area contributed by atoms with Crippen LogP contribution in [0.3, 0.4) is 0 Å². The maximum atomic E-state index is 6.35. The molecule has 1 heterocycles. The molecule has 0 spiro atoms. The van der Waals surface area contributed by atoms with Gasteiger partial charge >= 0.3 is 0 Å². The van der Waals surface area contributed by atoms with E-state index in [0.29, 0.717) is 11.8 Å². The highest BCUT2D eigenvalue weighted by Gasteiger charge is 2.26. The first kappa shape index (κ1) is 17.5. The summed E-state index contributed by atoms with van der Waals surface area (Å²) >= 11 is 5.98. The third-order valence-corrected chi connectivity index (χ3v) is 5.20. The quantitative estimate of drug-likeness (QED) is 0.866. The highest BCUT2D eigenvalue weighted by atomic mass is 35.5. The summed E-state index contributed by atoms with van der Waals surface area (Å²) in [4.78, 5) is 2.47. The second-order valence-corrected chi connectivity index (χ2v) is 7.77. The molecule has 0 amide bonds. The molecule has 2 unspecified atom stereocenters. The van der Waals surface area contributed by atoms with E-state index >= 15 is 0 Å². The Morgan fingerprint density at radius 2 is 1.71 bits per heavy atom. The standard InChI is InChI=1S/C21H27ClN2/c1-15(2)17-5-7-18(8-6-17)19-11-21(23)14-24(13-19)12-16-3-9-20(22)10-4-16/h3-10,15,19,21H,11-14,23H2,1-2H3. The average molecular weight is 343 g/mol. The number of benzene rings is 2. The Bertz CT molecular complexity index is 649. The molecule has 0 aliphatic carbocycles. The van der Waals surface area contributed by atoms with Crippen molar-refractivity contribution in [1.29, 1.82) is 0 Å². The van der Waals surface area contributed by atoms with Crippen LogP contribution in [-0.2, 0) is 6.54 Å². The number of nitrogens with two attached hydrogens (primary N) is 1. The fraction of sp³-hybridized carbons (Fsp3) is 0.429. The molecule has 1 aliphatic rings. The Morgan fingerprint density at radius 3 is 2.33 bits per heavy atom. The van der Waals surface area contributed by atoms with E-state index < -0.39 is 0 Å². The van der Waals surface area contributed by atoms with Crippen LogP contribution in [0.25, 0.3) is 0 Å². The lowest BCUT2D eigenvalue weighted by Crippen LogP contribution is -2.45. The van der Waals surface area contributed by atoms with Crippen LogP contribution in [0.15, 0.2) is 48.5 Å². The van der Waals surface area contributed by atoms with E-state index in [1.165, 1.54) is 16.7 Å². The smallest absolute Gasteiger partial charge is 0.0406 e. The van der Waals surface area contributed by atoms with Crippen LogP contribution in [-0.4, -0.2) is 24.0 Å². The van der Waals surface area contributed by atoms with Gasteiger partial charge in [0, 0.05) is 30.7 Å². The molecule has 0 aromatic heterocycles. The van der Waals surface area contributed by atoms with E-state index in [4.69, 9.17) is 17.3 Å². The first-order valence-electron chi connectivity index (χ1n) is 8.83. The number of likely N-dealkylation sites (tertiary alicyclic amines) is 1. The second-order valence-electron chi connectivity index (χ2n) is 7.33. The molecule has 2 atom stereocenters. The molecule has 128 valence electrons. The van der Waals surface area contributed by atoms with E-state index in [-0.39, 0.29) is 6.04 Å². The fourth-order valence-electron chi connectivity index (χ4n) is 3.60. The van der Waals surface area contributed by atoms with Crippen molar-refractivity contribution in [2.24, 2.45) is 5.73 Å². The highest BCUT2D eigenvalue weighted by molar-refractivity contribution is 6.30. The van der Waals surface area contributed by atoms with Crippen molar-refractivity contribution in [1.82, 2.24) is 4.90 Å². The van der Waals surface area contributed by atoms with Crippen LogP contribution in [0.4, 0.5) is 0 Å². The number of nitrogens with zero attached hydrogens (tertiary/aromatic N) is 1. The first-order valence-corrected chi connectivity index (χ1v) is 9.21. The SMILES string of the molecule is CC(C)c1ccc(C2CC(N)CN(Cc3ccc(Cl)cc3)C2)cc1. The van der Waals surface area contributed by atoms with Gasteiger partial charge < -0.3 is 5.73 Å². The van der Waals surface area contributed by atoms with Gasteiger partial charge in [0.15, 0.2) is 0 Å². The Morgan fingerprint density at radius 1 is 1.04 bits per heavy atom. The molecule has 2 N–H and O–H groups in total. The summed E-state index contributed by atoms with van der Waals surface area (Å²) < 4.78 is 0. The van der Waals surface area contributed by atoms with Gasteiger partial charge in [-0.25, -0.2) is 0 Å². The summed E-state index contributed by atoms with van der Waals surface area (Å²) in [5.41, 5.74) is 10.5. The molecular weight excluding hydrogens is 316 g/mol. The van der Waals surface area contributed by atoms with Gasteiger partial charge in [0.25, 0.3) is 0 Å². The first-order chi connectivity index (χ1) is 11.5. The molecule has 2 aromatic carbocycles. The third-order valence-electron chi connectivity index (χ3n) is 4.95. The van der Waals surface area contributed by atoms with Crippen LogP contribution in [0.2, 0.25) is 5.02 Å². The van der Waals surface area contributed by atoms with Crippen LogP contribution in [0.1, 0.15) is 48.8 Å². The second kappa shape index (κ2) is 7.69. The van der Waals surface area contributed by atoms with E-state index in [2.05, 4.69) is 55.1 Å². The van der Waals surface area contributed by atoms with Crippen molar-refractivity contribution in [2.45, 2.75) is 44.7 Å². The van der Waals surface area contributed by atoms with Crippen molar-refractivity contribution in [2.75, 3.05) is 13.1 Å². The van der Waals surface area contributed by atoms with Gasteiger partial charge in [0.1, 0.15) is 0 Å². The number of hydrogen-bond donors (Lipinski definition) is 1. The minimum Gasteiger partial charge on any atom is -0.327 e. The maximum Gasteiger partial charge on any atom is 0.0406 e. The van der Waals surface area contributed by atoms with Crippen LogP contribution in [0, 0.1) is 0 Å². The molecule has 24 heavy (non-hydrogen) atoms. The Labute approximate surface area is 150 Å². The van der Waals surface area contributed by atoms with Gasteiger partial charge in [-0.15, -0.1) is 0 Å². The molecular formula is C21H27ClN2. The Balaban J connectivity index is 1.69. The minimum atomic E-state index is 0.237. The Hall–Kier alpha value is -1.35. The van der Waals surface area contributed by atoms with Gasteiger partial charge in [-0.3, -0.25) is 4.90 Å². The summed E-state index contributed by atoms with van der Waals surface area (Å²) in [6.07, 6.45) is 1.07. The van der Waals surface area contributed by atoms with Crippen LogP contribution >= 0.6 is 11.6 Å². The number of hydrogen-bond acceptors (Lipinski definition) is 2. The normalized spacial score (nSPS) is 22.0. The third kappa shape index (κ3) is 4.38. The van der Waals surface area contributed by atoms with Crippen molar-refractivity contribution >= 4 is 11.6 Å². The molecule has 3 rings (SSSR count). The molecule has 1 fully saturated rings. The lowest BCUT2D eigenvalue weighted by Gasteiger charge is -2.36. The topological polar surface area (TPSA) is 29.3 Å². The molecule has 0 bridgehead atoms. The number of piperidine rings is 1. The molecule has 2 nitrogen and oxygen atoms in total. The zero-order valence-electron chi connectivity index (χ0n) is 14.6. The number of halogens is 1. The van der Waals surface area contributed by atoms with Crippen molar-refractivity contribution < 1.29 is 0 Å². The monoisotopic (exact) mass is 342 g/mol. The molecule has 0 saturated carbocycles. The largest absolute Gasteiger partial charge is 0.327 e. The molecule has 1 saturated heterocycles. The van der Waals surface area contributed by atoms with Crippen LogP contribution in [0.5, 0.6) is 0 Å². The highest BCUT2D eigenvalue weighted by Crippen LogP contribution is 2.28. The minimum absolute atomic E-state index is 0.237. The van der Waals surface area contributed by atoms with E-state index in [1.54, 1.807) is 0 Å². The molecule has 0 radical (unpaired) electrons. The van der Waals surface area contributed by atoms with Gasteiger partial charge in [0.2, 0.25) is 0 Å². The average Bonchev–Trinajstić information content (AvgIpc) is 2.56. The summed E-state index contributed by atoms with van der Waals surface area (Å²) in [7, 11) is 0. The lowest BCUT2D eigenvalue weighted by atomic mass is 9.87. The van der Waals surface area contributed by atoms with Crippen molar-refractivity contribution in [3.63, 3.8) is 0 Å². The predicted octanol–water partition coefficient (Wildman–Crippen LogP) is 4.78. The fourth-order valence-corrected chi connectivity index (χ4v) is 3.73. The number of rotatable bonds is 4. The summed E-state index contributed by atoms with van der Waals surface area (Å²) in [6, 6.07) is 17.5. The molecule has 2 aromatic rings. The van der Waals surface area contributed by atoms with Gasteiger partial charge in [0.05, 0.1) is 0 Å². The summed E-state index contributed by atoms with van der Waals surface area (Å²) in [5.74, 6) is 1.09. The molecule has 3 heteroatoms. The Kier molecular flexibility index (Phi) is 5.60. The van der Waals surface area contributed by atoms with E-state index in [9.17, 15) is 0 Å². The summed E-state index contributed by atoms with van der Waals surface area (Å²) in [6.45, 7) is 7.44. The van der Waals surface area contributed by atoms with Gasteiger partial charge in [-0.2, -0.15) is 0 Å². The zero-order chi connectivity index (χ0) is 17.1. The maximum absolute atomic E-state index is 6.35. The van der Waals surface area contributed by atoms with Crippen molar-refractivity contribution in [3.8, 4) is 0 Å². The van der Waals surface area contributed by atoms with Gasteiger partial charge in [-0.1, -0.05) is 61.8 Å². The zero-order valence-corrected chi connectivity index (χ0v) is 15.3. The predicted molar refractivity (Wildman–Crippen MR) is 103 cm³/mol. The molecule has 1 aliphatic heterocycles. The van der Waals surface area contributed by atoms with E-state index in [0.717, 1.165) is 31.1 Å². The summed E-state index contributed by atoms with van der Waals surface area (Å²) in [5, 5.41) is 0.789.